The Bertz CT molecular complexity index is 894. The molecule has 1 fully saturated rings. The third-order valence-electron chi connectivity index (χ3n) is 4.61. The van der Waals surface area contributed by atoms with E-state index in [1.54, 1.807) is 54.5 Å². The van der Waals surface area contributed by atoms with Gasteiger partial charge in [0.1, 0.15) is 0 Å². The Morgan fingerprint density at radius 1 is 0.929 bits per heavy atom. The molecule has 0 atom stereocenters. The lowest BCUT2D eigenvalue weighted by atomic mass is 10.3. The highest BCUT2D eigenvalue weighted by Crippen LogP contribution is 2.26. The smallest absolute Gasteiger partial charge is 0.243 e. The van der Waals surface area contributed by atoms with E-state index in [4.69, 9.17) is 9.47 Å². The van der Waals surface area contributed by atoms with Gasteiger partial charge in [-0.2, -0.15) is 4.31 Å². The molecule has 1 heterocycles. The molecule has 0 spiro atoms. The lowest BCUT2D eigenvalue weighted by molar-refractivity contribution is -0.132. The number of rotatable bonds is 7. The molecule has 0 bridgehead atoms. The van der Waals surface area contributed by atoms with E-state index in [0.717, 1.165) is 0 Å². The van der Waals surface area contributed by atoms with E-state index in [0.29, 0.717) is 24.6 Å². The van der Waals surface area contributed by atoms with Crippen molar-refractivity contribution < 1.29 is 22.7 Å². The first-order valence-electron chi connectivity index (χ1n) is 9.11. The van der Waals surface area contributed by atoms with Gasteiger partial charge in [0.25, 0.3) is 0 Å². The Labute approximate surface area is 165 Å². The second-order valence-corrected chi connectivity index (χ2v) is 8.29. The number of carbonyl (C=O) groups is 1. The Kier molecular flexibility index (Phi) is 6.53. The van der Waals surface area contributed by atoms with Gasteiger partial charge in [0.2, 0.25) is 15.9 Å². The van der Waals surface area contributed by atoms with Crippen LogP contribution >= 0.6 is 0 Å². The van der Waals surface area contributed by atoms with Crippen molar-refractivity contribution in [2.24, 2.45) is 0 Å². The first kappa shape index (κ1) is 20.2. The van der Waals surface area contributed by atoms with Gasteiger partial charge in [-0.15, -0.1) is 0 Å². The fourth-order valence-electron chi connectivity index (χ4n) is 3.06. The quantitative estimate of drug-likeness (QED) is 0.706. The van der Waals surface area contributed by atoms with Crippen molar-refractivity contribution in [3.63, 3.8) is 0 Å². The summed E-state index contributed by atoms with van der Waals surface area (Å²) in [5.41, 5.74) is 0. The van der Waals surface area contributed by atoms with Gasteiger partial charge >= 0.3 is 0 Å². The Morgan fingerprint density at radius 3 is 2.18 bits per heavy atom. The maximum absolute atomic E-state index is 12.6. The number of sulfonamides is 1. The second kappa shape index (κ2) is 9.07. The molecule has 8 heteroatoms. The van der Waals surface area contributed by atoms with Crippen molar-refractivity contribution in [1.82, 2.24) is 9.21 Å². The molecule has 0 radical (unpaired) electrons. The molecule has 7 nitrogen and oxygen atoms in total. The van der Waals surface area contributed by atoms with Crippen LogP contribution < -0.4 is 9.47 Å². The summed E-state index contributed by atoms with van der Waals surface area (Å²) in [7, 11) is -1.95. The number of para-hydroxylation sites is 2. The normalized spacial score (nSPS) is 15.2. The van der Waals surface area contributed by atoms with E-state index in [1.807, 2.05) is 12.1 Å². The van der Waals surface area contributed by atoms with Gasteiger partial charge in [0.05, 0.1) is 25.0 Å². The van der Waals surface area contributed by atoms with Gasteiger partial charge in [-0.1, -0.05) is 30.3 Å². The number of nitrogens with zero attached hydrogens (tertiary/aromatic N) is 2. The number of carbonyl (C=O) groups excluding carboxylic acids is 1. The molecule has 0 aliphatic carbocycles. The van der Waals surface area contributed by atoms with E-state index in [9.17, 15) is 13.2 Å². The molecule has 3 rings (SSSR count). The highest BCUT2D eigenvalue weighted by Gasteiger charge is 2.29. The number of benzene rings is 2. The van der Waals surface area contributed by atoms with Crippen LogP contribution in [-0.2, 0) is 14.8 Å². The van der Waals surface area contributed by atoms with Crippen molar-refractivity contribution >= 4 is 15.9 Å². The van der Waals surface area contributed by atoms with Gasteiger partial charge in [-0.3, -0.25) is 4.79 Å². The van der Waals surface area contributed by atoms with Gasteiger partial charge in [0.15, 0.2) is 11.5 Å². The zero-order chi connectivity index (χ0) is 20.0. The third-order valence-corrected chi connectivity index (χ3v) is 6.53. The van der Waals surface area contributed by atoms with Crippen LogP contribution in [-0.4, -0.2) is 63.4 Å². The SMILES string of the molecule is COc1ccccc1OCCC(=O)N1CCN(S(=O)(=O)c2ccccc2)CC1. The average molecular weight is 404 g/mol. The van der Waals surface area contributed by atoms with Gasteiger partial charge in [0, 0.05) is 26.2 Å². The summed E-state index contributed by atoms with van der Waals surface area (Å²) in [4.78, 5) is 14.4. The number of ether oxygens (including phenoxy) is 2. The summed E-state index contributed by atoms with van der Waals surface area (Å²) in [6.07, 6.45) is 0.226. The number of hydrogen-bond donors (Lipinski definition) is 0. The van der Waals surface area contributed by atoms with Crippen molar-refractivity contribution in [3.05, 3.63) is 54.6 Å². The molecule has 1 aliphatic rings. The van der Waals surface area contributed by atoms with Gasteiger partial charge < -0.3 is 14.4 Å². The topological polar surface area (TPSA) is 76.2 Å². The molecule has 0 saturated carbocycles. The summed E-state index contributed by atoms with van der Waals surface area (Å²) in [5.74, 6) is 1.16. The predicted molar refractivity (Wildman–Crippen MR) is 105 cm³/mol. The van der Waals surface area contributed by atoms with Crippen molar-refractivity contribution in [1.29, 1.82) is 0 Å². The van der Waals surface area contributed by atoms with Gasteiger partial charge in [-0.25, -0.2) is 8.42 Å². The zero-order valence-electron chi connectivity index (χ0n) is 15.8. The molecule has 0 unspecified atom stereocenters. The van der Waals surface area contributed by atoms with Crippen LogP contribution in [0.5, 0.6) is 11.5 Å². The molecule has 2 aromatic rings. The molecule has 1 saturated heterocycles. The van der Waals surface area contributed by atoms with Crippen LogP contribution in [0, 0.1) is 0 Å². The summed E-state index contributed by atoms with van der Waals surface area (Å²) < 4.78 is 37.6. The maximum Gasteiger partial charge on any atom is 0.243 e. The summed E-state index contributed by atoms with van der Waals surface area (Å²) in [6, 6.07) is 15.6. The highest BCUT2D eigenvalue weighted by atomic mass is 32.2. The van der Waals surface area contributed by atoms with Gasteiger partial charge in [-0.05, 0) is 24.3 Å². The minimum atomic E-state index is -3.52. The summed E-state index contributed by atoms with van der Waals surface area (Å²) >= 11 is 0. The molecule has 0 N–H and O–H groups in total. The Hall–Kier alpha value is -2.58. The lowest BCUT2D eigenvalue weighted by Gasteiger charge is -2.34. The standard InChI is InChI=1S/C20H24N2O5S/c1-26-18-9-5-6-10-19(18)27-16-11-20(23)21-12-14-22(15-13-21)28(24,25)17-7-3-2-4-8-17/h2-10H,11-16H2,1H3. The summed E-state index contributed by atoms with van der Waals surface area (Å²) in [6.45, 7) is 1.56. The fraction of sp³-hybridized carbons (Fsp3) is 0.350. The van der Waals surface area contributed by atoms with Crippen molar-refractivity contribution in [2.45, 2.75) is 11.3 Å². The minimum absolute atomic E-state index is 0.0494. The Morgan fingerprint density at radius 2 is 1.54 bits per heavy atom. The predicted octanol–water partition coefficient (Wildman–Crippen LogP) is 2.00. The Balaban J connectivity index is 1.49. The molecule has 0 aromatic heterocycles. The lowest BCUT2D eigenvalue weighted by Crippen LogP contribution is -2.50. The van der Waals surface area contributed by atoms with E-state index in [2.05, 4.69) is 0 Å². The monoisotopic (exact) mass is 404 g/mol. The maximum atomic E-state index is 12.6. The van der Waals surface area contributed by atoms with E-state index < -0.39 is 10.0 Å². The number of hydrogen-bond acceptors (Lipinski definition) is 5. The van der Waals surface area contributed by atoms with Crippen LogP contribution in [0.15, 0.2) is 59.5 Å². The first-order chi connectivity index (χ1) is 13.5. The highest BCUT2D eigenvalue weighted by molar-refractivity contribution is 7.89. The zero-order valence-corrected chi connectivity index (χ0v) is 16.6. The molecule has 150 valence electrons. The first-order valence-corrected chi connectivity index (χ1v) is 10.5. The van der Waals surface area contributed by atoms with Crippen LogP contribution in [0.2, 0.25) is 0 Å². The number of amides is 1. The van der Waals surface area contributed by atoms with Crippen LogP contribution in [0.4, 0.5) is 0 Å². The number of piperazine rings is 1. The van der Waals surface area contributed by atoms with Crippen molar-refractivity contribution in [3.8, 4) is 11.5 Å². The van der Waals surface area contributed by atoms with Crippen molar-refractivity contribution in [2.75, 3.05) is 39.9 Å². The third kappa shape index (κ3) is 4.63. The van der Waals surface area contributed by atoms with E-state index >= 15 is 0 Å². The molecular formula is C20H24N2O5S. The minimum Gasteiger partial charge on any atom is -0.493 e. The average Bonchev–Trinajstić information content (AvgIpc) is 2.74. The van der Waals surface area contributed by atoms with E-state index in [1.165, 1.54) is 4.31 Å². The number of methoxy groups -OCH3 is 1. The van der Waals surface area contributed by atoms with Crippen LogP contribution in [0.25, 0.3) is 0 Å². The van der Waals surface area contributed by atoms with E-state index in [-0.39, 0.29) is 36.9 Å². The molecular weight excluding hydrogens is 380 g/mol. The molecule has 1 amide bonds. The second-order valence-electron chi connectivity index (χ2n) is 6.35. The van der Waals surface area contributed by atoms with Crippen LogP contribution in [0.1, 0.15) is 6.42 Å². The largest absolute Gasteiger partial charge is 0.493 e. The molecule has 2 aromatic carbocycles. The molecule has 28 heavy (non-hydrogen) atoms. The molecule has 1 aliphatic heterocycles. The fourth-order valence-corrected chi connectivity index (χ4v) is 4.51. The van der Waals surface area contributed by atoms with Crippen LogP contribution in [0.3, 0.4) is 0 Å². The summed E-state index contributed by atoms with van der Waals surface area (Å²) in [5, 5.41) is 0.